The largest absolute Gasteiger partial charge is 0.296 e. The molecule has 0 saturated heterocycles. The Balaban J connectivity index is 0.00000144. The van der Waals surface area contributed by atoms with Crippen molar-refractivity contribution in [3.63, 3.8) is 0 Å². The summed E-state index contributed by atoms with van der Waals surface area (Å²) in [5.41, 5.74) is 1.02. The van der Waals surface area contributed by atoms with Gasteiger partial charge in [-0.3, -0.25) is 4.18 Å². The maximum Gasteiger partial charge on any atom is 0.296 e. The Bertz CT molecular complexity index is 355. The molecule has 0 N–H and O–H groups in total. The predicted molar refractivity (Wildman–Crippen MR) is 45.4 cm³/mol. The zero-order chi connectivity index (χ0) is 9.19. The van der Waals surface area contributed by atoms with E-state index in [-0.39, 0.29) is 21.7 Å². The smallest absolute Gasteiger partial charge is 0.270 e. The van der Waals surface area contributed by atoms with E-state index in [0.29, 0.717) is 0 Å². The molecule has 0 fully saturated rings. The molecule has 1 aromatic carbocycles. The van der Waals surface area contributed by atoms with Crippen LogP contribution < -0.4 is 0 Å². The maximum atomic E-state index is 11.1. The molecule has 0 heterocycles. The van der Waals surface area contributed by atoms with Crippen LogP contribution in [0.25, 0.3) is 0 Å². The van der Waals surface area contributed by atoms with Gasteiger partial charge in [0.1, 0.15) is 0 Å². The van der Waals surface area contributed by atoms with Gasteiger partial charge in [-0.25, -0.2) is 0 Å². The van der Waals surface area contributed by atoms with Gasteiger partial charge in [0.2, 0.25) is 0 Å². The Morgan fingerprint density at radius 1 is 1.15 bits per heavy atom. The number of hydrogen-bond acceptors (Lipinski definition) is 3. The fourth-order valence-electron chi connectivity index (χ4n) is 0.801. The summed E-state index contributed by atoms with van der Waals surface area (Å²) in [5, 5.41) is 0. The number of rotatable bonds is 2. The molecule has 0 unspecified atom stereocenters. The maximum absolute atomic E-state index is 11.1. The Labute approximate surface area is 88.4 Å². The minimum Gasteiger partial charge on any atom is -0.270 e. The number of aryl methyl sites for hydroxylation is 1. The summed E-state index contributed by atoms with van der Waals surface area (Å²) in [5.74, 6) is 0. The van der Waals surface area contributed by atoms with E-state index in [1.54, 1.807) is 12.1 Å². The Morgan fingerprint density at radius 2 is 1.62 bits per heavy atom. The van der Waals surface area contributed by atoms with Gasteiger partial charge in [-0.05, 0) is 19.1 Å². The molecular weight excluding hydrogens is 235 g/mol. The van der Waals surface area contributed by atoms with Crippen molar-refractivity contribution < 1.29 is 29.4 Å². The van der Waals surface area contributed by atoms with E-state index in [2.05, 4.69) is 4.18 Å². The van der Waals surface area contributed by atoms with Crippen LogP contribution in [0.15, 0.2) is 29.2 Å². The van der Waals surface area contributed by atoms with Gasteiger partial charge in [0.05, 0.1) is 12.0 Å². The van der Waals surface area contributed by atoms with Crippen LogP contribution in [0.2, 0.25) is 0 Å². The molecule has 0 atom stereocenters. The van der Waals surface area contributed by atoms with E-state index in [1.807, 2.05) is 6.92 Å². The topological polar surface area (TPSA) is 43.4 Å². The molecule has 0 aliphatic rings. The van der Waals surface area contributed by atoms with Crippen molar-refractivity contribution >= 4 is 10.1 Å². The Hall–Kier alpha value is -0.364. The van der Waals surface area contributed by atoms with Gasteiger partial charge in [-0.1, -0.05) is 17.7 Å². The SMILES string of the molecule is COS(=O)(=O)c1ccc(C)cc1.[Co]. The molecule has 1 aromatic rings. The van der Waals surface area contributed by atoms with Gasteiger partial charge in [0.15, 0.2) is 0 Å². The summed E-state index contributed by atoms with van der Waals surface area (Å²) in [6.07, 6.45) is 0. The molecule has 13 heavy (non-hydrogen) atoms. The second-order valence-electron chi connectivity index (χ2n) is 2.43. The van der Waals surface area contributed by atoms with Gasteiger partial charge in [0, 0.05) is 16.8 Å². The van der Waals surface area contributed by atoms with Crippen molar-refractivity contribution in [1.82, 2.24) is 0 Å². The molecule has 5 heteroatoms. The third-order valence-electron chi connectivity index (χ3n) is 1.53. The van der Waals surface area contributed by atoms with Crippen molar-refractivity contribution in [3.8, 4) is 0 Å². The molecule has 1 radical (unpaired) electrons. The molecule has 0 spiro atoms. The van der Waals surface area contributed by atoms with Crippen molar-refractivity contribution in [2.75, 3.05) is 7.11 Å². The average Bonchev–Trinajstić information content (AvgIpc) is 2.05. The summed E-state index contributed by atoms with van der Waals surface area (Å²) in [6.45, 7) is 1.89. The summed E-state index contributed by atoms with van der Waals surface area (Å²) < 4.78 is 26.5. The quantitative estimate of drug-likeness (QED) is 0.738. The van der Waals surface area contributed by atoms with Crippen LogP contribution in [0, 0.1) is 6.92 Å². The second-order valence-corrected chi connectivity index (χ2v) is 4.15. The fraction of sp³-hybridized carbons (Fsp3) is 0.250. The van der Waals surface area contributed by atoms with Crippen molar-refractivity contribution in [2.45, 2.75) is 11.8 Å². The first-order chi connectivity index (χ1) is 5.56. The summed E-state index contributed by atoms with van der Waals surface area (Å²) in [4.78, 5) is 0.190. The molecule has 3 nitrogen and oxygen atoms in total. The van der Waals surface area contributed by atoms with Crippen molar-refractivity contribution in [2.24, 2.45) is 0 Å². The Morgan fingerprint density at radius 3 is 2.00 bits per heavy atom. The van der Waals surface area contributed by atoms with Gasteiger partial charge in [0.25, 0.3) is 10.1 Å². The zero-order valence-corrected chi connectivity index (χ0v) is 9.13. The molecule has 0 saturated carbocycles. The molecular formula is C8H10CoO3S. The molecule has 0 aliphatic carbocycles. The molecule has 0 amide bonds. The van der Waals surface area contributed by atoms with Crippen LogP contribution in [0.1, 0.15) is 5.56 Å². The third-order valence-corrected chi connectivity index (χ3v) is 2.82. The normalized spacial score (nSPS) is 10.6. The first-order valence-electron chi connectivity index (χ1n) is 3.43. The first-order valence-corrected chi connectivity index (χ1v) is 4.84. The van der Waals surface area contributed by atoms with Gasteiger partial charge >= 0.3 is 0 Å². The summed E-state index contributed by atoms with van der Waals surface area (Å²) in [7, 11) is -2.37. The van der Waals surface area contributed by atoms with Gasteiger partial charge < -0.3 is 0 Å². The van der Waals surface area contributed by atoms with Crippen LogP contribution in [0.3, 0.4) is 0 Å². The van der Waals surface area contributed by atoms with E-state index in [4.69, 9.17) is 0 Å². The monoisotopic (exact) mass is 245 g/mol. The van der Waals surface area contributed by atoms with E-state index in [9.17, 15) is 8.42 Å². The third kappa shape index (κ3) is 3.11. The molecule has 0 bridgehead atoms. The predicted octanol–water partition coefficient (Wildman–Crippen LogP) is 1.33. The molecule has 75 valence electrons. The average molecular weight is 245 g/mol. The Kier molecular flexibility index (Phi) is 4.62. The van der Waals surface area contributed by atoms with Crippen molar-refractivity contribution in [1.29, 1.82) is 0 Å². The zero-order valence-electron chi connectivity index (χ0n) is 7.28. The minimum atomic E-state index is -3.51. The van der Waals surface area contributed by atoms with E-state index in [0.717, 1.165) is 12.7 Å². The minimum absolute atomic E-state index is 0. The van der Waals surface area contributed by atoms with Crippen LogP contribution in [-0.4, -0.2) is 15.5 Å². The molecule has 0 aromatic heterocycles. The summed E-state index contributed by atoms with van der Waals surface area (Å²) >= 11 is 0. The van der Waals surface area contributed by atoms with Crippen LogP contribution in [-0.2, 0) is 31.1 Å². The summed E-state index contributed by atoms with van der Waals surface area (Å²) in [6, 6.07) is 6.50. The van der Waals surface area contributed by atoms with Gasteiger partial charge in [-0.15, -0.1) is 0 Å². The molecule has 1 rings (SSSR count). The van der Waals surface area contributed by atoms with Gasteiger partial charge in [-0.2, -0.15) is 8.42 Å². The van der Waals surface area contributed by atoms with E-state index in [1.165, 1.54) is 12.1 Å². The second kappa shape index (κ2) is 4.76. The van der Waals surface area contributed by atoms with Crippen LogP contribution in [0.5, 0.6) is 0 Å². The fourth-order valence-corrected chi connectivity index (χ4v) is 1.46. The molecule has 0 aliphatic heterocycles. The van der Waals surface area contributed by atoms with E-state index < -0.39 is 10.1 Å². The first kappa shape index (κ1) is 12.6. The number of benzene rings is 1. The van der Waals surface area contributed by atoms with Crippen molar-refractivity contribution in [3.05, 3.63) is 29.8 Å². The van der Waals surface area contributed by atoms with Crippen LogP contribution in [0.4, 0.5) is 0 Å². The standard InChI is InChI=1S/C8H10O3S.Co/c1-7-3-5-8(6-4-7)12(9,10)11-2;/h3-6H,1-2H3;. The van der Waals surface area contributed by atoms with E-state index >= 15 is 0 Å². The van der Waals surface area contributed by atoms with Crippen LogP contribution >= 0.6 is 0 Å². The number of hydrogen-bond donors (Lipinski definition) is 0.